The number of carbonyl (C=O) groups excluding carboxylic acids is 7. The van der Waals surface area contributed by atoms with Gasteiger partial charge in [-0.15, -0.1) is 0 Å². The molecule has 0 bridgehead atoms. The number of hydrogen-bond acceptors (Lipinski definition) is 9. The van der Waals surface area contributed by atoms with Crippen molar-refractivity contribution in [2.45, 2.75) is 117 Å². The topological polar surface area (TPSA) is 276 Å². The van der Waals surface area contributed by atoms with Crippen molar-refractivity contribution < 1.29 is 52.4 Å². The molecular weight excluding hydrogens is 725 g/mol. The lowest BCUT2D eigenvalue weighted by atomic mass is 9.99. The Balaban J connectivity index is 2.24. The molecule has 18 nitrogen and oxygen atoms in total. The van der Waals surface area contributed by atoms with Gasteiger partial charge in [0.2, 0.25) is 41.4 Å². The summed E-state index contributed by atoms with van der Waals surface area (Å²) in [5.41, 5.74) is 5.93. The van der Waals surface area contributed by atoms with E-state index in [2.05, 4.69) is 31.1 Å². The van der Waals surface area contributed by atoms with Gasteiger partial charge in [-0.25, -0.2) is 4.57 Å². The number of phosphoric acid groups is 1. The highest BCUT2D eigenvalue weighted by atomic mass is 31.2. The third-order valence-electron chi connectivity index (χ3n) is 8.74. The number of nitrogens with zero attached hydrogens (tertiary/aromatic N) is 1. The van der Waals surface area contributed by atoms with Crippen molar-refractivity contribution in [3.05, 3.63) is 29.8 Å². The van der Waals surface area contributed by atoms with E-state index in [0.717, 1.165) is 12.8 Å². The van der Waals surface area contributed by atoms with Gasteiger partial charge in [-0.3, -0.25) is 43.3 Å². The number of benzene rings is 1. The van der Waals surface area contributed by atoms with Crippen molar-refractivity contribution in [3.63, 3.8) is 0 Å². The molecular formula is C35H56N7O11P. The van der Waals surface area contributed by atoms with Crippen LogP contribution in [0.3, 0.4) is 0 Å². The number of unbranched alkanes of at least 4 members (excludes halogenated alkanes) is 1. The maximum absolute atomic E-state index is 13.8. The second-order valence-corrected chi connectivity index (χ2v) is 15.1. The number of rotatable bonds is 21. The van der Waals surface area contributed by atoms with Gasteiger partial charge in [-0.2, -0.15) is 0 Å². The van der Waals surface area contributed by atoms with E-state index in [4.69, 9.17) is 15.5 Å². The Labute approximate surface area is 315 Å². The lowest BCUT2D eigenvalue weighted by molar-refractivity contribution is -0.143. The third kappa shape index (κ3) is 14.7. The predicted molar refractivity (Wildman–Crippen MR) is 197 cm³/mol. The highest BCUT2D eigenvalue weighted by molar-refractivity contribution is 7.46. The number of phosphoric ester groups is 1. The lowest BCUT2D eigenvalue weighted by Gasteiger charge is -2.32. The molecule has 0 unspecified atom stereocenters. The van der Waals surface area contributed by atoms with Crippen LogP contribution in [0.4, 0.5) is 0 Å². The zero-order chi connectivity index (χ0) is 40.7. The SMILES string of the molecule is CCCCNC(=O)[C@@H]1CCCN1C(=O)[C@@H](NC(=O)[C@H](CC(N)=O)NC(=O)[C@@H](NC(=O)[C@H](Cc1ccc(OP(=O)(O)O)cc1)NC(=O)CC)C(C)C)C(C)C. The molecule has 1 aromatic rings. The first-order chi connectivity index (χ1) is 25.3. The molecule has 19 heteroatoms. The van der Waals surface area contributed by atoms with Gasteiger partial charge in [-0.1, -0.05) is 60.1 Å². The average molecular weight is 782 g/mol. The molecule has 1 heterocycles. The van der Waals surface area contributed by atoms with E-state index in [0.29, 0.717) is 31.5 Å². The zero-order valence-corrected chi connectivity index (χ0v) is 32.6. The van der Waals surface area contributed by atoms with Gasteiger partial charge in [0, 0.05) is 25.9 Å². The number of likely N-dealkylation sites (tertiary alicyclic amines) is 1. The van der Waals surface area contributed by atoms with Crippen LogP contribution in [0, 0.1) is 11.8 Å². The molecule has 7 amide bonds. The number of hydrogen-bond donors (Lipinski definition) is 8. The van der Waals surface area contributed by atoms with Crippen molar-refractivity contribution in [1.29, 1.82) is 0 Å². The summed E-state index contributed by atoms with van der Waals surface area (Å²) < 4.78 is 15.7. The van der Waals surface area contributed by atoms with Crippen molar-refractivity contribution in [2.75, 3.05) is 13.1 Å². The van der Waals surface area contributed by atoms with Crippen LogP contribution in [-0.4, -0.2) is 99.3 Å². The molecule has 0 radical (unpaired) electrons. The van der Waals surface area contributed by atoms with Crippen molar-refractivity contribution in [1.82, 2.24) is 31.5 Å². The Bertz CT molecular complexity index is 1530. The maximum Gasteiger partial charge on any atom is 0.524 e. The van der Waals surface area contributed by atoms with Gasteiger partial charge in [0.1, 0.15) is 36.0 Å². The molecule has 0 aromatic heterocycles. The molecule has 9 N–H and O–H groups in total. The van der Waals surface area contributed by atoms with Gasteiger partial charge < -0.3 is 41.7 Å². The van der Waals surface area contributed by atoms with Crippen LogP contribution in [0.2, 0.25) is 0 Å². The number of nitrogens with two attached hydrogens (primary N) is 1. The Morgan fingerprint density at radius 1 is 0.870 bits per heavy atom. The molecule has 302 valence electrons. The molecule has 1 aliphatic rings. The van der Waals surface area contributed by atoms with Crippen LogP contribution in [0.15, 0.2) is 24.3 Å². The largest absolute Gasteiger partial charge is 0.524 e. The fourth-order valence-corrected chi connectivity index (χ4v) is 6.18. The van der Waals surface area contributed by atoms with E-state index in [1.807, 2.05) is 6.92 Å². The predicted octanol–water partition coefficient (Wildman–Crippen LogP) is 0.145. The maximum atomic E-state index is 13.8. The number of nitrogens with one attached hydrogen (secondary N) is 5. The van der Waals surface area contributed by atoms with E-state index in [9.17, 15) is 38.1 Å². The fourth-order valence-electron chi connectivity index (χ4n) is 5.78. The summed E-state index contributed by atoms with van der Waals surface area (Å²) in [5.74, 6) is -5.71. The molecule has 5 atom stereocenters. The summed E-state index contributed by atoms with van der Waals surface area (Å²) in [5, 5.41) is 13.2. The van der Waals surface area contributed by atoms with Gasteiger partial charge >= 0.3 is 7.82 Å². The summed E-state index contributed by atoms with van der Waals surface area (Å²) in [7, 11) is -4.80. The van der Waals surface area contributed by atoms with Crippen LogP contribution in [0.5, 0.6) is 5.75 Å². The van der Waals surface area contributed by atoms with Gasteiger partial charge in [0.05, 0.1) is 6.42 Å². The molecule has 0 saturated carbocycles. The lowest BCUT2D eigenvalue weighted by Crippen LogP contribution is -2.61. The summed E-state index contributed by atoms with van der Waals surface area (Å²) >= 11 is 0. The van der Waals surface area contributed by atoms with E-state index in [1.165, 1.54) is 29.2 Å². The number of amides is 7. The van der Waals surface area contributed by atoms with Gasteiger partial charge in [0.25, 0.3) is 0 Å². The average Bonchev–Trinajstić information content (AvgIpc) is 3.58. The first kappa shape index (κ1) is 45.6. The van der Waals surface area contributed by atoms with Crippen LogP contribution >= 0.6 is 7.82 Å². The minimum Gasteiger partial charge on any atom is -0.404 e. The van der Waals surface area contributed by atoms with E-state index in [1.54, 1.807) is 34.6 Å². The standard InChI is InChI=1S/C35H56N7O11P/c1-7-9-16-37-33(47)26-11-10-17-42(26)35(49)30(21(5)6)41-32(46)25(19-27(36)43)39-34(48)29(20(3)4)40-31(45)24(38-28(44)8-2)18-22-12-14-23(15-13-22)53-54(50,51)52/h12-15,20-21,24-26,29-30H,7-11,16-19H2,1-6H3,(H2,36,43)(H,37,47)(H,38,44)(H,39,48)(H,40,45)(H,41,46)(H2,50,51,52)/t24-,25-,26-,29-,30-/m0/s1. The molecule has 2 rings (SSSR count). The van der Waals surface area contributed by atoms with Crippen LogP contribution in [0.1, 0.15) is 85.6 Å². The zero-order valence-electron chi connectivity index (χ0n) is 31.8. The Kier molecular flexibility index (Phi) is 18.1. The summed E-state index contributed by atoms with van der Waals surface area (Å²) in [6.45, 7) is 11.0. The van der Waals surface area contributed by atoms with Crippen molar-refractivity contribution >= 4 is 49.2 Å². The smallest absolute Gasteiger partial charge is 0.404 e. The van der Waals surface area contributed by atoms with Crippen LogP contribution in [-0.2, 0) is 44.5 Å². The quantitative estimate of drug-likeness (QED) is 0.0614. The normalized spacial score (nSPS) is 16.5. The molecule has 1 aliphatic heterocycles. The molecule has 1 aromatic carbocycles. The second kappa shape index (κ2) is 21.4. The van der Waals surface area contributed by atoms with Gasteiger partial charge in [-0.05, 0) is 48.8 Å². The van der Waals surface area contributed by atoms with Crippen molar-refractivity contribution in [2.24, 2.45) is 17.6 Å². The fraction of sp³-hybridized carbons (Fsp3) is 0.629. The highest BCUT2D eigenvalue weighted by Crippen LogP contribution is 2.37. The first-order valence-corrected chi connectivity index (χ1v) is 19.7. The van der Waals surface area contributed by atoms with E-state index in [-0.39, 0.29) is 24.5 Å². The summed E-state index contributed by atoms with van der Waals surface area (Å²) in [6.07, 6.45) is 2.09. The van der Waals surface area contributed by atoms with Crippen LogP contribution < -0.4 is 36.8 Å². The molecule has 0 spiro atoms. The van der Waals surface area contributed by atoms with E-state index >= 15 is 0 Å². The molecule has 54 heavy (non-hydrogen) atoms. The highest BCUT2D eigenvalue weighted by Gasteiger charge is 2.40. The minimum absolute atomic E-state index is 0.0429. The summed E-state index contributed by atoms with van der Waals surface area (Å²) in [4.78, 5) is 112. The monoisotopic (exact) mass is 781 g/mol. The Morgan fingerprint density at radius 2 is 1.46 bits per heavy atom. The first-order valence-electron chi connectivity index (χ1n) is 18.2. The van der Waals surface area contributed by atoms with Gasteiger partial charge in [0.15, 0.2) is 0 Å². The second-order valence-electron chi connectivity index (χ2n) is 13.9. The number of carbonyl (C=O) groups is 7. The third-order valence-corrected chi connectivity index (χ3v) is 9.19. The molecule has 0 aliphatic carbocycles. The molecule has 1 fully saturated rings. The Morgan fingerprint density at radius 3 is 2.00 bits per heavy atom. The van der Waals surface area contributed by atoms with Crippen LogP contribution in [0.25, 0.3) is 0 Å². The minimum atomic E-state index is -4.80. The molecule has 1 saturated heterocycles. The van der Waals surface area contributed by atoms with Crippen molar-refractivity contribution in [3.8, 4) is 5.75 Å². The number of primary amides is 1. The Hall–Kier alpha value is -4.54. The van der Waals surface area contributed by atoms with E-state index < -0.39 is 91.7 Å². The summed E-state index contributed by atoms with van der Waals surface area (Å²) in [6, 6.07) is -0.318.